The molecule has 0 heterocycles. The Hall–Kier alpha value is -0.160. The minimum atomic E-state index is 0.120. The lowest BCUT2D eigenvalue weighted by Crippen LogP contribution is -2.32. The number of nitrogens with zero attached hydrogens (tertiary/aromatic N) is 1. The number of nitrogens with one attached hydrogen (secondary N) is 1. The monoisotopic (exact) mass is 232 g/mol. The maximum atomic E-state index is 8.55. The third-order valence-corrected chi connectivity index (χ3v) is 2.48. The average Bonchev–Trinajstić information content (AvgIpc) is 2.31. The fourth-order valence-electron chi connectivity index (χ4n) is 1.46. The lowest BCUT2D eigenvalue weighted by Gasteiger charge is -2.21. The normalized spacial score (nSPS) is 11.2. The van der Waals surface area contributed by atoms with Crippen LogP contribution in [0, 0.1) is 0 Å². The van der Waals surface area contributed by atoms with Gasteiger partial charge in [-0.05, 0) is 25.9 Å². The van der Waals surface area contributed by atoms with E-state index in [-0.39, 0.29) is 6.61 Å². The highest BCUT2D eigenvalue weighted by Crippen LogP contribution is 1.98. The molecule has 98 valence electrons. The molecule has 4 heteroatoms. The molecule has 0 rings (SSSR count). The van der Waals surface area contributed by atoms with Crippen LogP contribution in [0.2, 0.25) is 0 Å². The molecule has 0 saturated heterocycles. The minimum absolute atomic E-state index is 0.120. The van der Waals surface area contributed by atoms with E-state index in [0.29, 0.717) is 13.2 Å². The largest absolute Gasteiger partial charge is 0.395 e. The van der Waals surface area contributed by atoms with Crippen LogP contribution in [-0.4, -0.2) is 49.4 Å². The van der Waals surface area contributed by atoms with Crippen LogP contribution in [0.3, 0.4) is 0 Å². The fourth-order valence-corrected chi connectivity index (χ4v) is 1.46. The van der Waals surface area contributed by atoms with Crippen LogP contribution in [0.4, 0.5) is 0 Å². The zero-order valence-corrected chi connectivity index (χ0v) is 10.9. The predicted octanol–water partition coefficient (Wildman–Crippen LogP) is 1.40. The first-order chi connectivity index (χ1) is 7.85. The Balaban J connectivity index is 3.48. The topological polar surface area (TPSA) is 44.7 Å². The molecule has 0 aliphatic heterocycles. The summed E-state index contributed by atoms with van der Waals surface area (Å²) in [5.41, 5.74) is 2.73. The fraction of sp³-hybridized carbons (Fsp3) is 1.00. The van der Waals surface area contributed by atoms with Gasteiger partial charge in [-0.25, -0.2) is 5.48 Å². The highest BCUT2D eigenvalue weighted by Gasteiger charge is 2.03. The summed E-state index contributed by atoms with van der Waals surface area (Å²) < 4.78 is 0. The van der Waals surface area contributed by atoms with Crippen molar-refractivity contribution in [3.05, 3.63) is 0 Å². The van der Waals surface area contributed by atoms with E-state index in [1.807, 2.05) is 0 Å². The number of aliphatic hydroxyl groups is 1. The van der Waals surface area contributed by atoms with Crippen LogP contribution >= 0.6 is 0 Å². The van der Waals surface area contributed by atoms with Gasteiger partial charge in [0.2, 0.25) is 0 Å². The summed E-state index contributed by atoms with van der Waals surface area (Å²) in [4.78, 5) is 7.66. The zero-order valence-electron chi connectivity index (χ0n) is 10.9. The quantitative estimate of drug-likeness (QED) is 0.394. The van der Waals surface area contributed by atoms with Gasteiger partial charge in [-0.15, -0.1) is 0 Å². The average molecular weight is 232 g/mol. The number of hydrogen-bond acceptors (Lipinski definition) is 4. The van der Waals surface area contributed by atoms with E-state index in [0.717, 1.165) is 6.54 Å². The van der Waals surface area contributed by atoms with Gasteiger partial charge in [0.1, 0.15) is 0 Å². The highest BCUT2D eigenvalue weighted by molar-refractivity contribution is 4.57. The number of hydrogen-bond donors (Lipinski definition) is 2. The van der Waals surface area contributed by atoms with E-state index in [2.05, 4.69) is 24.2 Å². The molecule has 0 unspecified atom stereocenters. The van der Waals surface area contributed by atoms with Crippen LogP contribution in [0.15, 0.2) is 0 Å². The summed E-state index contributed by atoms with van der Waals surface area (Å²) in [5, 5.41) is 8.55. The van der Waals surface area contributed by atoms with Crippen LogP contribution < -0.4 is 5.48 Å². The molecule has 4 nitrogen and oxygen atoms in total. The summed E-state index contributed by atoms with van der Waals surface area (Å²) in [6.45, 7) is 9.06. The molecule has 0 aliphatic carbocycles. The Kier molecular flexibility index (Phi) is 12.8. The molecule has 0 aromatic rings. The van der Waals surface area contributed by atoms with Gasteiger partial charge in [0.05, 0.1) is 13.2 Å². The van der Waals surface area contributed by atoms with Crippen molar-refractivity contribution < 1.29 is 9.94 Å². The Bertz CT molecular complexity index is 126. The van der Waals surface area contributed by atoms with Crippen molar-refractivity contribution in [3.8, 4) is 0 Å². The lowest BCUT2D eigenvalue weighted by molar-refractivity contribution is 0.0184. The zero-order chi connectivity index (χ0) is 12.1. The first kappa shape index (κ1) is 15.8. The van der Waals surface area contributed by atoms with Crippen molar-refractivity contribution in [3.63, 3.8) is 0 Å². The Morgan fingerprint density at radius 3 is 2.19 bits per heavy atom. The number of unbranched alkanes of at least 4 members (excludes halogenated alkanes) is 2. The SMILES string of the molecule is CCCCN(CCCC)CCONCCO. The second-order valence-corrected chi connectivity index (χ2v) is 4.02. The summed E-state index contributed by atoms with van der Waals surface area (Å²) in [7, 11) is 0. The van der Waals surface area contributed by atoms with Gasteiger partial charge < -0.3 is 14.8 Å². The Morgan fingerprint density at radius 2 is 1.69 bits per heavy atom. The second-order valence-electron chi connectivity index (χ2n) is 4.02. The van der Waals surface area contributed by atoms with Crippen molar-refractivity contribution in [1.82, 2.24) is 10.4 Å². The molecule has 2 N–H and O–H groups in total. The first-order valence-corrected chi connectivity index (χ1v) is 6.53. The van der Waals surface area contributed by atoms with E-state index < -0.39 is 0 Å². The molecule has 0 bridgehead atoms. The molecule has 0 aromatic carbocycles. The standard InChI is InChI=1S/C12H28N2O2/c1-3-5-8-14(9-6-4-2)10-12-16-13-7-11-15/h13,15H,3-12H2,1-2H3. The highest BCUT2D eigenvalue weighted by atomic mass is 16.6. The van der Waals surface area contributed by atoms with E-state index >= 15 is 0 Å². The number of hydroxylamine groups is 1. The second kappa shape index (κ2) is 12.9. The lowest BCUT2D eigenvalue weighted by atomic mass is 10.2. The molecule has 0 aliphatic rings. The predicted molar refractivity (Wildman–Crippen MR) is 67.3 cm³/mol. The van der Waals surface area contributed by atoms with Gasteiger partial charge in [-0.1, -0.05) is 26.7 Å². The molecule has 16 heavy (non-hydrogen) atoms. The van der Waals surface area contributed by atoms with Crippen LogP contribution in [0.1, 0.15) is 39.5 Å². The van der Waals surface area contributed by atoms with Crippen molar-refractivity contribution in [2.45, 2.75) is 39.5 Å². The summed E-state index contributed by atoms with van der Waals surface area (Å²) in [5.74, 6) is 0. The molecule has 0 radical (unpaired) electrons. The van der Waals surface area contributed by atoms with Gasteiger partial charge in [-0.2, -0.15) is 0 Å². The molecule has 0 fully saturated rings. The van der Waals surface area contributed by atoms with Crippen molar-refractivity contribution in [2.75, 3.05) is 39.4 Å². The van der Waals surface area contributed by atoms with E-state index in [1.54, 1.807) is 0 Å². The molecule has 0 amide bonds. The van der Waals surface area contributed by atoms with Gasteiger partial charge in [0.15, 0.2) is 0 Å². The molecule has 0 atom stereocenters. The molecule has 0 spiro atoms. The molecule has 0 aromatic heterocycles. The van der Waals surface area contributed by atoms with Crippen molar-refractivity contribution in [1.29, 1.82) is 0 Å². The maximum absolute atomic E-state index is 8.55. The van der Waals surface area contributed by atoms with Gasteiger partial charge in [0.25, 0.3) is 0 Å². The summed E-state index contributed by atoms with van der Waals surface area (Å²) in [6.07, 6.45) is 5.00. The summed E-state index contributed by atoms with van der Waals surface area (Å²) >= 11 is 0. The number of aliphatic hydroxyl groups excluding tert-OH is 1. The molecule has 0 saturated carbocycles. The third kappa shape index (κ3) is 10.4. The first-order valence-electron chi connectivity index (χ1n) is 6.53. The van der Waals surface area contributed by atoms with Crippen molar-refractivity contribution >= 4 is 0 Å². The van der Waals surface area contributed by atoms with E-state index in [9.17, 15) is 0 Å². The molecular weight excluding hydrogens is 204 g/mol. The van der Waals surface area contributed by atoms with Crippen LogP contribution in [-0.2, 0) is 4.84 Å². The van der Waals surface area contributed by atoms with E-state index in [4.69, 9.17) is 9.94 Å². The third-order valence-electron chi connectivity index (χ3n) is 2.48. The minimum Gasteiger partial charge on any atom is -0.395 e. The molecular formula is C12H28N2O2. The number of rotatable bonds is 12. The summed E-state index contributed by atoms with van der Waals surface area (Å²) in [6, 6.07) is 0. The smallest absolute Gasteiger partial charge is 0.0809 e. The Labute approximate surface area is 99.9 Å². The van der Waals surface area contributed by atoms with Crippen LogP contribution in [0.5, 0.6) is 0 Å². The van der Waals surface area contributed by atoms with Gasteiger partial charge >= 0.3 is 0 Å². The van der Waals surface area contributed by atoms with Gasteiger partial charge in [0, 0.05) is 13.1 Å². The van der Waals surface area contributed by atoms with E-state index in [1.165, 1.54) is 38.8 Å². The Morgan fingerprint density at radius 1 is 1.06 bits per heavy atom. The van der Waals surface area contributed by atoms with Gasteiger partial charge in [-0.3, -0.25) is 0 Å². The van der Waals surface area contributed by atoms with Crippen molar-refractivity contribution in [2.24, 2.45) is 0 Å². The van der Waals surface area contributed by atoms with Crippen LogP contribution in [0.25, 0.3) is 0 Å². The maximum Gasteiger partial charge on any atom is 0.0809 e.